The standard InChI is InChI=1S/C13H26N2O3/c1-10(16)15-9-7-6-8-11(14-5)12(17)18-13(2,3)4/h11,14H,6-9H2,1-5H3,(H,15,16). The second-order valence-electron chi connectivity index (χ2n) is 5.35. The van der Waals surface area contributed by atoms with Gasteiger partial charge in [0.15, 0.2) is 0 Å². The van der Waals surface area contributed by atoms with E-state index in [4.69, 9.17) is 4.74 Å². The zero-order chi connectivity index (χ0) is 14.2. The van der Waals surface area contributed by atoms with Crippen molar-refractivity contribution in [2.24, 2.45) is 0 Å². The second kappa shape index (κ2) is 8.08. The van der Waals surface area contributed by atoms with Gasteiger partial charge in [-0.3, -0.25) is 9.59 Å². The largest absolute Gasteiger partial charge is 0.459 e. The summed E-state index contributed by atoms with van der Waals surface area (Å²) in [5.74, 6) is -0.239. The monoisotopic (exact) mass is 258 g/mol. The lowest BCUT2D eigenvalue weighted by Crippen LogP contribution is -2.39. The predicted octanol–water partition coefficient (Wildman–Crippen LogP) is 1.22. The van der Waals surface area contributed by atoms with Crippen LogP contribution in [0.5, 0.6) is 0 Å². The van der Waals surface area contributed by atoms with E-state index in [9.17, 15) is 9.59 Å². The Kier molecular flexibility index (Phi) is 7.59. The third-order valence-electron chi connectivity index (χ3n) is 2.33. The molecule has 0 aliphatic carbocycles. The fourth-order valence-corrected chi connectivity index (χ4v) is 1.49. The second-order valence-corrected chi connectivity index (χ2v) is 5.35. The van der Waals surface area contributed by atoms with E-state index in [1.165, 1.54) is 6.92 Å². The smallest absolute Gasteiger partial charge is 0.323 e. The lowest BCUT2D eigenvalue weighted by molar-refractivity contribution is -0.157. The molecule has 0 aromatic carbocycles. The summed E-state index contributed by atoms with van der Waals surface area (Å²) in [6.07, 6.45) is 2.44. The van der Waals surface area contributed by atoms with E-state index in [1.807, 2.05) is 20.8 Å². The molecule has 0 heterocycles. The number of carbonyl (C=O) groups excluding carboxylic acids is 2. The van der Waals surface area contributed by atoms with Gasteiger partial charge in [0.1, 0.15) is 11.6 Å². The van der Waals surface area contributed by atoms with E-state index in [-0.39, 0.29) is 17.9 Å². The van der Waals surface area contributed by atoms with Crippen molar-refractivity contribution >= 4 is 11.9 Å². The van der Waals surface area contributed by atoms with Crippen molar-refractivity contribution in [1.29, 1.82) is 0 Å². The minimum atomic E-state index is -0.456. The van der Waals surface area contributed by atoms with Crippen LogP contribution in [0.25, 0.3) is 0 Å². The third-order valence-corrected chi connectivity index (χ3v) is 2.33. The number of amides is 1. The molecule has 5 heteroatoms. The lowest BCUT2D eigenvalue weighted by Gasteiger charge is -2.23. The molecule has 0 rings (SSSR count). The fourth-order valence-electron chi connectivity index (χ4n) is 1.49. The molecule has 0 aliphatic rings. The number of hydrogen-bond acceptors (Lipinski definition) is 4. The van der Waals surface area contributed by atoms with Gasteiger partial charge < -0.3 is 15.4 Å². The molecule has 106 valence electrons. The number of hydrogen-bond donors (Lipinski definition) is 2. The number of nitrogens with one attached hydrogen (secondary N) is 2. The molecule has 0 fully saturated rings. The molecule has 0 spiro atoms. The molecule has 1 unspecified atom stereocenters. The van der Waals surface area contributed by atoms with Gasteiger partial charge in [0.05, 0.1) is 0 Å². The number of unbranched alkanes of at least 4 members (excludes halogenated alkanes) is 1. The van der Waals surface area contributed by atoms with Crippen molar-refractivity contribution in [3.8, 4) is 0 Å². The topological polar surface area (TPSA) is 67.4 Å². The van der Waals surface area contributed by atoms with Crippen molar-refractivity contribution in [1.82, 2.24) is 10.6 Å². The lowest BCUT2D eigenvalue weighted by atomic mass is 10.1. The van der Waals surface area contributed by atoms with Crippen molar-refractivity contribution in [3.05, 3.63) is 0 Å². The first-order valence-electron chi connectivity index (χ1n) is 6.41. The molecule has 1 atom stereocenters. The molecule has 0 aromatic rings. The average Bonchev–Trinajstić information content (AvgIpc) is 2.20. The minimum Gasteiger partial charge on any atom is -0.459 e. The first-order valence-corrected chi connectivity index (χ1v) is 6.41. The highest BCUT2D eigenvalue weighted by Crippen LogP contribution is 2.11. The van der Waals surface area contributed by atoms with E-state index >= 15 is 0 Å². The van der Waals surface area contributed by atoms with Gasteiger partial charge in [-0.2, -0.15) is 0 Å². The summed E-state index contributed by atoms with van der Waals surface area (Å²) < 4.78 is 5.31. The van der Waals surface area contributed by atoms with Crippen LogP contribution in [-0.4, -0.2) is 37.1 Å². The van der Waals surface area contributed by atoms with Gasteiger partial charge in [-0.05, 0) is 47.1 Å². The molecule has 0 bridgehead atoms. The Bertz CT molecular complexity index is 272. The number of esters is 1. The van der Waals surface area contributed by atoms with Gasteiger partial charge in [-0.1, -0.05) is 0 Å². The van der Waals surface area contributed by atoms with Gasteiger partial charge in [0.2, 0.25) is 5.91 Å². The van der Waals surface area contributed by atoms with E-state index in [1.54, 1.807) is 7.05 Å². The van der Waals surface area contributed by atoms with Gasteiger partial charge in [0.25, 0.3) is 0 Å². The molecule has 0 aliphatic heterocycles. The number of carbonyl (C=O) groups is 2. The molecular weight excluding hydrogens is 232 g/mol. The summed E-state index contributed by atoms with van der Waals surface area (Å²) in [5.41, 5.74) is -0.456. The summed E-state index contributed by atoms with van der Waals surface area (Å²) in [7, 11) is 1.75. The maximum atomic E-state index is 11.8. The number of ether oxygens (including phenoxy) is 1. The zero-order valence-electron chi connectivity index (χ0n) is 12.1. The summed E-state index contributed by atoms with van der Waals surface area (Å²) in [6.45, 7) is 7.72. The molecule has 0 aromatic heterocycles. The summed E-state index contributed by atoms with van der Waals surface area (Å²) >= 11 is 0. The minimum absolute atomic E-state index is 0.0210. The Labute approximate surface area is 110 Å². The van der Waals surface area contributed by atoms with Gasteiger partial charge in [-0.15, -0.1) is 0 Å². The molecule has 0 radical (unpaired) electrons. The first kappa shape index (κ1) is 16.9. The van der Waals surface area contributed by atoms with E-state index in [0.717, 1.165) is 12.8 Å². The molecular formula is C13H26N2O3. The summed E-state index contributed by atoms with van der Waals surface area (Å²) in [6, 6.07) is -0.276. The van der Waals surface area contributed by atoms with Crippen molar-refractivity contribution in [2.75, 3.05) is 13.6 Å². The summed E-state index contributed by atoms with van der Waals surface area (Å²) in [5, 5.41) is 5.69. The highest BCUT2D eigenvalue weighted by molar-refractivity contribution is 5.76. The third kappa shape index (κ3) is 8.98. The van der Waals surface area contributed by atoms with Gasteiger partial charge >= 0.3 is 5.97 Å². The van der Waals surface area contributed by atoms with Crippen LogP contribution < -0.4 is 10.6 Å². The SMILES string of the molecule is CNC(CCCCNC(C)=O)C(=O)OC(C)(C)C. The van der Waals surface area contributed by atoms with Crippen molar-refractivity contribution in [3.63, 3.8) is 0 Å². The molecule has 5 nitrogen and oxygen atoms in total. The summed E-state index contributed by atoms with van der Waals surface area (Å²) in [4.78, 5) is 22.5. The molecule has 1 amide bonds. The Hall–Kier alpha value is -1.10. The van der Waals surface area contributed by atoms with Crippen LogP contribution in [0.15, 0.2) is 0 Å². The number of likely N-dealkylation sites (N-methyl/N-ethyl adjacent to an activating group) is 1. The normalized spacial score (nSPS) is 12.9. The van der Waals surface area contributed by atoms with E-state index < -0.39 is 5.60 Å². The number of rotatable bonds is 7. The van der Waals surface area contributed by atoms with E-state index in [0.29, 0.717) is 13.0 Å². The van der Waals surface area contributed by atoms with Gasteiger partial charge in [-0.25, -0.2) is 0 Å². The Morgan fingerprint density at radius 1 is 1.22 bits per heavy atom. The van der Waals surface area contributed by atoms with Crippen LogP contribution in [0.4, 0.5) is 0 Å². The molecule has 2 N–H and O–H groups in total. The maximum absolute atomic E-state index is 11.8. The quantitative estimate of drug-likeness (QED) is 0.532. The predicted molar refractivity (Wildman–Crippen MR) is 71.2 cm³/mol. The first-order chi connectivity index (χ1) is 8.26. The van der Waals surface area contributed by atoms with Gasteiger partial charge in [0, 0.05) is 13.5 Å². The zero-order valence-corrected chi connectivity index (χ0v) is 12.1. The van der Waals surface area contributed by atoms with Crippen LogP contribution in [-0.2, 0) is 14.3 Å². The van der Waals surface area contributed by atoms with E-state index in [2.05, 4.69) is 10.6 Å². The van der Waals surface area contributed by atoms with Crippen molar-refractivity contribution in [2.45, 2.75) is 58.6 Å². The molecule has 0 saturated carbocycles. The fraction of sp³-hybridized carbons (Fsp3) is 0.846. The van der Waals surface area contributed by atoms with Crippen LogP contribution in [0.2, 0.25) is 0 Å². The Morgan fingerprint density at radius 2 is 1.83 bits per heavy atom. The maximum Gasteiger partial charge on any atom is 0.323 e. The highest BCUT2D eigenvalue weighted by Gasteiger charge is 2.23. The van der Waals surface area contributed by atoms with Crippen LogP contribution in [0.1, 0.15) is 47.0 Å². The van der Waals surface area contributed by atoms with Crippen LogP contribution >= 0.6 is 0 Å². The Balaban J connectivity index is 3.89. The van der Waals surface area contributed by atoms with Crippen LogP contribution in [0.3, 0.4) is 0 Å². The molecule has 0 saturated heterocycles. The molecule has 18 heavy (non-hydrogen) atoms. The van der Waals surface area contributed by atoms with Crippen molar-refractivity contribution < 1.29 is 14.3 Å². The highest BCUT2D eigenvalue weighted by atomic mass is 16.6. The average molecular weight is 258 g/mol. The van der Waals surface area contributed by atoms with Crippen LogP contribution in [0, 0.1) is 0 Å². The Morgan fingerprint density at radius 3 is 2.28 bits per heavy atom.